The van der Waals surface area contributed by atoms with E-state index in [-0.39, 0.29) is 52.8 Å². The van der Waals surface area contributed by atoms with Gasteiger partial charge in [0.05, 0.1) is 46.2 Å². The van der Waals surface area contributed by atoms with Gasteiger partial charge in [0.2, 0.25) is 5.91 Å². The Balaban J connectivity index is 1.38. The topological polar surface area (TPSA) is 198 Å². The summed E-state index contributed by atoms with van der Waals surface area (Å²) in [5, 5.41) is 18.1. The van der Waals surface area contributed by atoms with Crippen LogP contribution in [-0.4, -0.2) is 105 Å². The summed E-state index contributed by atoms with van der Waals surface area (Å²) < 4.78 is 57.9. The van der Waals surface area contributed by atoms with Gasteiger partial charge in [-0.25, -0.2) is 0 Å². The molecular formula is C46H54N4O12. The third-order valence-corrected chi connectivity index (χ3v) is 10.1. The highest BCUT2D eigenvalue weighted by Gasteiger charge is 2.54. The smallest absolute Gasteiger partial charge is 0.303 e. The Morgan fingerprint density at radius 1 is 0.645 bits per heavy atom. The number of hydrogen-bond acceptors (Lipinski definition) is 13. The molecule has 2 fully saturated rings. The summed E-state index contributed by atoms with van der Waals surface area (Å²) in [5.74, 6) is -1.19. The van der Waals surface area contributed by atoms with Crippen LogP contribution in [0.4, 0.5) is 0 Å². The van der Waals surface area contributed by atoms with Gasteiger partial charge in [-0.3, -0.25) is 9.59 Å². The van der Waals surface area contributed by atoms with Crippen LogP contribution in [0.2, 0.25) is 0 Å². The lowest BCUT2D eigenvalue weighted by Gasteiger charge is -2.49. The van der Waals surface area contributed by atoms with Gasteiger partial charge in [-0.1, -0.05) is 126 Å². The maximum absolute atomic E-state index is 12.8. The molecule has 2 saturated heterocycles. The third kappa shape index (κ3) is 13.9. The first-order valence-electron chi connectivity index (χ1n) is 20.5. The Kier molecular flexibility index (Phi) is 18.2. The van der Waals surface area contributed by atoms with Crippen molar-refractivity contribution < 1.29 is 57.3 Å². The van der Waals surface area contributed by atoms with Gasteiger partial charge in [0.15, 0.2) is 18.7 Å². The SMILES string of the molecule is CC(=O)N[C@H]1[C@H](O[C@H]2[C@@H](OCc3ccccc3)[C@@H](COCc3ccccc3)O[C@H](OCCN=[N+]=[N-])[C@@H]2OCc2ccccc2)O[C@H](COCc2ccccc2)[C@@H](O)[C@@H]1OC(C)=O. The molecule has 4 aromatic rings. The van der Waals surface area contributed by atoms with Gasteiger partial charge < -0.3 is 53.1 Å². The van der Waals surface area contributed by atoms with E-state index in [9.17, 15) is 14.7 Å². The minimum Gasteiger partial charge on any atom is -0.457 e. The first kappa shape index (κ1) is 46.3. The number of nitrogens with zero attached hydrogens (tertiary/aromatic N) is 3. The Morgan fingerprint density at radius 3 is 1.63 bits per heavy atom. The van der Waals surface area contributed by atoms with Crippen LogP contribution in [0.1, 0.15) is 36.1 Å². The van der Waals surface area contributed by atoms with Crippen molar-refractivity contribution in [3.05, 3.63) is 154 Å². The van der Waals surface area contributed by atoms with E-state index < -0.39 is 73.2 Å². The molecule has 0 radical (unpaired) electrons. The van der Waals surface area contributed by atoms with Crippen LogP contribution in [0.15, 0.2) is 126 Å². The molecule has 6 rings (SSSR count). The highest BCUT2D eigenvalue weighted by atomic mass is 16.7. The van der Waals surface area contributed by atoms with E-state index in [0.29, 0.717) is 0 Å². The molecule has 4 aromatic carbocycles. The van der Waals surface area contributed by atoms with E-state index in [1.165, 1.54) is 13.8 Å². The first-order chi connectivity index (χ1) is 30.3. The second kappa shape index (κ2) is 24.4. The Morgan fingerprint density at radius 2 is 1.13 bits per heavy atom. The molecule has 1 amide bonds. The van der Waals surface area contributed by atoms with E-state index >= 15 is 0 Å². The summed E-state index contributed by atoms with van der Waals surface area (Å²) >= 11 is 0. The minimum absolute atomic E-state index is 0.000639. The fourth-order valence-corrected chi connectivity index (χ4v) is 7.25. The van der Waals surface area contributed by atoms with Crippen LogP contribution in [0.3, 0.4) is 0 Å². The molecule has 2 aliphatic rings. The molecule has 0 bridgehead atoms. The predicted octanol–water partition coefficient (Wildman–Crippen LogP) is 5.55. The average molecular weight is 855 g/mol. The number of azide groups is 1. The van der Waals surface area contributed by atoms with Crippen molar-refractivity contribution in [1.82, 2.24) is 5.32 Å². The van der Waals surface area contributed by atoms with Crippen molar-refractivity contribution in [2.75, 3.05) is 26.4 Å². The number of nitrogens with one attached hydrogen (secondary N) is 1. The van der Waals surface area contributed by atoms with Crippen LogP contribution in [-0.2, 0) is 78.6 Å². The predicted molar refractivity (Wildman–Crippen MR) is 224 cm³/mol. The van der Waals surface area contributed by atoms with Gasteiger partial charge in [-0.05, 0) is 27.8 Å². The summed E-state index contributed by atoms with van der Waals surface area (Å²) in [5.41, 5.74) is 12.6. The summed E-state index contributed by atoms with van der Waals surface area (Å²) in [6.45, 7) is 3.05. The molecule has 0 unspecified atom stereocenters. The molecular weight excluding hydrogens is 801 g/mol. The Labute approximate surface area is 360 Å². The third-order valence-electron chi connectivity index (χ3n) is 10.1. The molecule has 0 aliphatic carbocycles. The fraction of sp³-hybridized carbons (Fsp3) is 0.435. The van der Waals surface area contributed by atoms with Gasteiger partial charge in [0.1, 0.15) is 42.7 Å². The van der Waals surface area contributed by atoms with E-state index in [4.69, 9.17) is 48.2 Å². The van der Waals surface area contributed by atoms with Gasteiger partial charge in [-0.15, -0.1) is 0 Å². The maximum Gasteiger partial charge on any atom is 0.303 e. The van der Waals surface area contributed by atoms with Crippen molar-refractivity contribution in [2.45, 2.75) is 102 Å². The highest BCUT2D eigenvalue weighted by molar-refractivity contribution is 5.73. The van der Waals surface area contributed by atoms with Crippen molar-refractivity contribution in [2.24, 2.45) is 5.11 Å². The number of ether oxygens (including phenoxy) is 9. The molecule has 2 heterocycles. The molecule has 16 heteroatoms. The van der Waals surface area contributed by atoms with Crippen LogP contribution in [0.25, 0.3) is 10.4 Å². The van der Waals surface area contributed by atoms with Crippen molar-refractivity contribution in [1.29, 1.82) is 0 Å². The lowest BCUT2D eigenvalue weighted by Crippen LogP contribution is -2.69. The molecule has 2 N–H and O–H groups in total. The van der Waals surface area contributed by atoms with E-state index in [1.807, 2.05) is 121 Å². The van der Waals surface area contributed by atoms with E-state index in [0.717, 1.165) is 22.3 Å². The van der Waals surface area contributed by atoms with Crippen LogP contribution in [0, 0.1) is 0 Å². The largest absolute Gasteiger partial charge is 0.457 e. The van der Waals surface area contributed by atoms with Crippen molar-refractivity contribution >= 4 is 11.9 Å². The maximum atomic E-state index is 12.8. The molecule has 0 saturated carbocycles. The standard InChI is InChI=1S/C46H54N4O12/c1-31(51)49-39-42(59-32(2)52)40(53)37(29-54-25-33-15-7-3-8-16-33)60-45(39)62-43-41(57-27-35-19-11-5-12-20-35)38(30-55-26-34-17-9-4-10-18-34)61-46(56-24-23-48-50-47)44(43)58-28-36-21-13-6-14-22-36/h3-22,37-46,53H,23-30H2,1-2H3,(H,49,51)/t37-,38-,39-,40-,41+,42-,43+,44-,45+,46+/m1/s1. The Bertz CT molecular complexity index is 1980. The number of esters is 1. The number of rotatable bonds is 22. The molecule has 62 heavy (non-hydrogen) atoms. The monoisotopic (exact) mass is 854 g/mol. The molecule has 0 spiro atoms. The quantitative estimate of drug-likeness (QED) is 0.0329. The van der Waals surface area contributed by atoms with Crippen LogP contribution < -0.4 is 5.32 Å². The molecule has 330 valence electrons. The zero-order valence-corrected chi connectivity index (χ0v) is 34.8. The van der Waals surface area contributed by atoms with Gasteiger partial charge in [-0.2, -0.15) is 0 Å². The zero-order chi connectivity index (χ0) is 43.5. The summed E-state index contributed by atoms with van der Waals surface area (Å²) in [4.78, 5) is 28.3. The van der Waals surface area contributed by atoms with Crippen LogP contribution in [0.5, 0.6) is 0 Å². The molecule has 0 aromatic heterocycles. The second-order valence-corrected chi connectivity index (χ2v) is 14.8. The average Bonchev–Trinajstić information content (AvgIpc) is 3.28. The van der Waals surface area contributed by atoms with E-state index in [2.05, 4.69) is 15.3 Å². The van der Waals surface area contributed by atoms with Gasteiger partial charge in [0.25, 0.3) is 0 Å². The number of benzene rings is 4. The molecule has 10 atom stereocenters. The number of carbonyl (C=O) groups excluding carboxylic acids is 2. The van der Waals surface area contributed by atoms with E-state index in [1.54, 1.807) is 0 Å². The molecule has 2 aliphatic heterocycles. The normalized spacial score (nSPS) is 25.9. The summed E-state index contributed by atoms with van der Waals surface area (Å²) in [6, 6.07) is 36.9. The number of aliphatic hydroxyl groups excluding tert-OH is 1. The number of aliphatic hydroxyl groups is 1. The minimum atomic E-state index is -1.44. The van der Waals surface area contributed by atoms with Gasteiger partial charge >= 0.3 is 5.97 Å². The van der Waals surface area contributed by atoms with Crippen molar-refractivity contribution in [3.63, 3.8) is 0 Å². The first-order valence-corrected chi connectivity index (χ1v) is 20.5. The molecule has 16 nitrogen and oxygen atoms in total. The van der Waals surface area contributed by atoms with Crippen LogP contribution >= 0.6 is 0 Å². The number of amides is 1. The Hall–Kier alpha value is -5.23. The highest BCUT2D eigenvalue weighted by Crippen LogP contribution is 2.35. The zero-order valence-electron chi connectivity index (χ0n) is 34.8. The summed E-state index contributed by atoms with van der Waals surface area (Å²) in [6.07, 6.45) is -10.3. The number of hydrogen-bond donors (Lipinski definition) is 2. The summed E-state index contributed by atoms with van der Waals surface area (Å²) in [7, 11) is 0. The lowest BCUT2D eigenvalue weighted by molar-refractivity contribution is -0.360. The number of carbonyl (C=O) groups is 2. The van der Waals surface area contributed by atoms with Crippen molar-refractivity contribution in [3.8, 4) is 0 Å². The second-order valence-electron chi connectivity index (χ2n) is 14.8. The lowest BCUT2D eigenvalue weighted by atomic mass is 9.94. The fourth-order valence-electron chi connectivity index (χ4n) is 7.25. The van der Waals surface area contributed by atoms with Gasteiger partial charge in [0, 0.05) is 25.3 Å².